The second kappa shape index (κ2) is 6.06. The molecule has 2 nitrogen and oxygen atoms in total. The zero-order valence-corrected chi connectivity index (χ0v) is 12.9. The quantitative estimate of drug-likeness (QED) is 0.876. The van der Waals surface area contributed by atoms with Crippen molar-refractivity contribution in [1.82, 2.24) is 0 Å². The molecule has 18 heavy (non-hydrogen) atoms. The van der Waals surface area contributed by atoms with Gasteiger partial charge in [0.1, 0.15) is 11.9 Å². The summed E-state index contributed by atoms with van der Waals surface area (Å²) in [6, 6.07) is 9.16. The van der Waals surface area contributed by atoms with Gasteiger partial charge >= 0.3 is 0 Å². The molecule has 1 aromatic heterocycles. The lowest BCUT2D eigenvalue weighted by molar-refractivity contribution is 0.191. The van der Waals surface area contributed by atoms with Crippen LogP contribution in [-0.2, 0) is 0 Å². The van der Waals surface area contributed by atoms with E-state index in [9.17, 15) is 0 Å². The Balaban J connectivity index is 2.08. The molecule has 0 saturated carbocycles. The Hall–Kier alpha value is -0.550. The van der Waals surface area contributed by atoms with E-state index in [1.807, 2.05) is 36.6 Å². The van der Waals surface area contributed by atoms with Crippen LogP contribution in [0.15, 0.2) is 40.2 Å². The molecule has 96 valence electrons. The van der Waals surface area contributed by atoms with E-state index in [1.54, 1.807) is 17.4 Å². The van der Waals surface area contributed by atoms with Crippen molar-refractivity contribution in [2.24, 2.45) is 5.73 Å². The van der Waals surface area contributed by atoms with Crippen molar-refractivity contribution in [3.63, 3.8) is 0 Å². The molecule has 0 aliphatic rings. The van der Waals surface area contributed by atoms with E-state index < -0.39 is 0 Å². The average Bonchev–Trinajstić information content (AvgIpc) is 2.74. The van der Waals surface area contributed by atoms with Gasteiger partial charge in [-0.1, -0.05) is 17.7 Å². The number of halogens is 2. The molecule has 2 aromatic rings. The molecule has 0 amide bonds. The number of hydrogen-bond donors (Lipinski definition) is 1. The van der Waals surface area contributed by atoms with Crippen molar-refractivity contribution >= 4 is 38.9 Å². The summed E-state index contributed by atoms with van der Waals surface area (Å²) < 4.78 is 6.84. The Kier molecular flexibility index (Phi) is 4.67. The van der Waals surface area contributed by atoms with Crippen LogP contribution in [0.1, 0.15) is 17.8 Å². The molecule has 1 heterocycles. The van der Waals surface area contributed by atoms with E-state index in [0.717, 1.165) is 15.1 Å². The van der Waals surface area contributed by atoms with E-state index in [1.165, 1.54) is 0 Å². The first-order valence-corrected chi connectivity index (χ1v) is 7.53. The standard InChI is InChI=1S/C13H13BrClNOS/c1-8(12(16)13-11(14)5-6-18-13)17-10-4-2-3-9(15)7-10/h2-8,12H,16H2,1H3. The van der Waals surface area contributed by atoms with Gasteiger partial charge in [-0.2, -0.15) is 0 Å². The third kappa shape index (κ3) is 3.26. The number of hydrogen-bond acceptors (Lipinski definition) is 3. The van der Waals surface area contributed by atoms with Crippen molar-refractivity contribution in [3.8, 4) is 5.75 Å². The van der Waals surface area contributed by atoms with Crippen molar-refractivity contribution < 1.29 is 4.74 Å². The van der Waals surface area contributed by atoms with E-state index in [-0.39, 0.29) is 12.1 Å². The van der Waals surface area contributed by atoms with Gasteiger partial charge in [-0.05, 0) is 52.5 Å². The third-order valence-electron chi connectivity index (χ3n) is 2.57. The fourth-order valence-electron chi connectivity index (χ4n) is 1.58. The molecule has 0 aliphatic carbocycles. The predicted octanol–water partition coefficient (Wildman–Crippen LogP) is 4.63. The van der Waals surface area contributed by atoms with Crippen molar-refractivity contribution in [3.05, 3.63) is 50.1 Å². The first kappa shape index (κ1) is 13.9. The average molecular weight is 347 g/mol. The Morgan fingerprint density at radius 1 is 1.39 bits per heavy atom. The Labute approximate surface area is 124 Å². The molecular formula is C13H13BrClNOS. The number of nitrogens with two attached hydrogens (primary N) is 1. The molecule has 0 saturated heterocycles. The number of ether oxygens (including phenoxy) is 1. The summed E-state index contributed by atoms with van der Waals surface area (Å²) in [6.07, 6.45) is -0.126. The van der Waals surface area contributed by atoms with E-state index in [0.29, 0.717) is 5.02 Å². The zero-order chi connectivity index (χ0) is 13.1. The number of rotatable bonds is 4. The van der Waals surface area contributed by atoms with Crippen LogP contribution < -0.4 is 10.5 Å². The lowest BCUT2D eigenvalue weighted by Crippen LogP contribution is -2.28. The number of thiophene rings is 1. The molecule has 5 heteroatoms. The monoisotopic (exact) mass is 345 g/mol. The van der Waals surface area contributed by atoms with E-state index in [4.69, 9.17) is 22.1 Å². The summed E-state index contributed by atoms with van der Waals surface area (Å²) in [7, 11) is 0. The fraction of sp³-hybridized carbons (Fsp3) is 0.231. The van der Waals surface area contributed by atoms with Crippen LogP contribution >= 0.6 is 38.9 Å². The Morgan fingerprint density at radius 3 is 2.78 bits per heavy atom. The zero-order valence-electron chi connectivity index (χ0n) is 9.77. The fourth-order valence-corrected chi connectivity index (χ4v) is 3.50. The van der Waals surface area contributed by atoms with Gasteiger partial charge in [0.05, 0.1) is 6.04 Å². The van der Waals surface area contributed by atoms with Gasteiger partial charge in [-0.3, -0.25) is 0 Å². The smallest absolute Gasteiger partial charge is 0.121 e. The molecule has 0 spiro atoms. The molecule has 0 aliphatic heterocycles. The van der Waals surface area contributed by atoms with Crippen molar-refractivity contribution in [2.75, 3.05) is 0 Å². The Morgan fingerprint density at radius 2 is 2.17 bits per heavy atom. The maximum atomic E-state index is 6.19. The summed E-state index contributed by atoms with van der Waals surface area (Å²) in [5.74, 6) is 0.734. The highest BCUT2D eigenvalue weighted by Gasteiger charge is 2.20. The minimum Gasteiger partial charge on any atom is -0.489 e. The minimum absolute atomic E-state index is 0.126. The summed E-state index contributed by atoms with van der Waals surface area (Å²) in [5.41, 5.74) is 6.19. The van der Waals surface area contributed by atoms with Crippen LogP contribution in [0.4, 0.5) is 0 Å². The van der Waals surface area contributed by atoms with Crippen LogP contribution in [0.2, 0.25) is 5.02 Å². The molecule has 0 bridgehead atoms. The van der Waals surface area contributed by atoms with Crippen LogP contribution in [0.25, 0.3) is 0 Å². The SMILES string of the molecule is CC(Oc1cccc(Cl)c1)C(N)c1sccc1Br. The van der Waals surface area contributed by atoms with Gasteiger partial charge in [0.2, 0.25) is 0 Å². The Bertz CT molecular complexity index is 531. The maximum absolute atomic E-state index is 6.19. The first-order chi connectivity index (χ1) is 8.58. The molecule has 0 radical (unpaired) electrons. The van der Waals surface area contributed by atoms with Gasteiger partial charge in [0.25, 0.3) is 0 Å². The van der Waals surface area contributed by atoms with Crippen LogP contribution in [0, 0.1) is 0 Å². The van der Waals surface area contributed by atoms with Crippen LogP contribution in [-0.4, -0.2) is 6.10 Å². The van der Waals surface area contributed by atoms with Crippen molar-refractivity contribution in [1.29, 1.82) is 0 Å². The van der Waals surface area contributed by atoms with Gasteiger partial charge in [-0.15, -0.1) is 11.3 Å². The molecule has 2 rings (SSSR count). The molecule has 0 fully saturated rings. The lowest BCUT2D eigenvalue weighted by atomic mass is 10.1. The minimum atomic E-state index is -0.168. The summed E-state index contributed by atoms with van der Waals surface area (Å²) in [6.45, 7) is 1.96. The van der Waals surface area contributed by atoms with Gasteiger partial charge in [0, 0.05) is 14.4 Å². The van der Waals surface area contributed by atoms with Gasteiger partial charge in [0.15, 0.2) is 0 Å². The highest BCUT2D eigenvalue weighted by atomic mass is 79.9. The van der Waals surface area contributed by atoms with Gasteiger partial charge < -0.3 is 10.5 Å². The summed E-state index contributed by atoms with van der Waals surface area (Å²) in [5, 5.41) is 2.66. The molecule has 2 N–H and O–H groups in total. The number of benzene rings is 1. The second-order valence-corrected chi connectivity index (χ2v) is 6.18. The third-order valence-corrected chi connectivity index (χ3v) is 4.78. The molecule has 1 aromatic carbocycles. The molecular weight excluding hydrogens is 334 g/mol. The maximum Gasteiger partial charge on any atom is 0.121 e. The van der Waals surface area contributed by atoms with Crippen LogP contribution in [0.3, 0.4) is 0 Å². The highest BCUT2D eigenvalue weighted by molar-refractivity contribution is 9.10. The lowest BCUT2D eigenvalue weighted by Gasteiger charge is -2.21. The topological polar surface area (TPSA) is 35.2 Å². The van der Waals surface area contributed by atoms with Crippen LogP contribution in [0.5, 0.6) is 5.75 Å². The summed E-state index contributed by atoms with van der Waals surface area (Å²) in [4.78, 5) is 1.09. The molecule has 2 atom stereocenters. The first-order valence-electron chi connectivity index (χ1n) is 5.48. The van der Waals surface area contributed by atoms with E-state index >= 15 is 0 Å². The van der Waals surface area contributed by atoms with Gasteiger partial charge in [-0.25, -0.2) is 0 Å². The summed E-state index contributed by atoms with van der Waals surface area (Å²) >= 11 is 11.0. The largest absolute Gasteiger partial charge is 0.489 e. The second-order valence-electron chi connectivity index (χ2n) is 3.94. The highest BCUT2D eigenvalue weighted by Crippen LogP contribution is 2.31. The van der Waals surface area contributed by atoms with E-state index in [2.05, 4.69) is 15.9 Å². The molecule has 2 unspecified atom stereocenters. The van der Waals surface area contributed by atoms with Crippen molar-refractivity contribution in [2.45, 2.75) is 19.1 Å². The predicted molar refractivity (Wildman–Crippen MR) is 80.5 cm³/mol. The normalized spacial score (nSPS) is 14.2.